The molecule has 0 heterocycles. The predicted molar refractivity (Wildman–Crippen MR) is 75.1 cm³/mol. The van der Waals surface area contributed by atoms with Gasteiger partial charge in [-0.3, -0.25) is 4.79 Å². The summed E-state index contributed by atoms with van der Waals surface area (Å²) < 4.78 is 5.56. The van der Waals surface area contributed by atoms with Crippen molar-refractivity contribution < 1.29 is 14.6 Å². The van der Waals surface area contributed by atoms with Gasteiger partial charge in [0.05, 0.1) is 6.10 Å². The number of hydrogen-bond acceptors (Lipinski definition) is 3. The smallest absolute Gasteiger partial charge is 0.260 e. The molecule has 1 aromatic rings. The first-order valence-electron chi connectivity index (χ1n) is 6.59. The fourth-order valence-electron chi connectivity index (χ4n) is 1.53. The summed E-state index contributed by atoms with van der Waals surface area (Å²) in [4.78, 5) is 11.8. The molecule has 4 nitrogen and oxygen atoms in total. The van der Waals surface area contributed by atoms with Crippen LogP contribution < -0.4 is 10.1 Å². The van der Waals surface area contributed by atoms with Crippen molar-refractivity contribution in [1.82, 2.24) is 5.32 Å². The normalized spacial score (nSPS) is 14.0. The van der Waals surface area contributed by atoms with Crippen LogP contribution in [0.2, 0.25) is 0 Å². The summed E-state index contributed by atoms with van der Waals surface area (Å²) in [7, 11) is 0. The number of carbonyl (C=O) groups excluding carboxylic acids is 1. The molecule has 0 saturated heterocycles. The maximum atomic E-state index is 11.8. The highest BCUT2D eigenvalue weighted by molar-refractivity contribution is 5.80. The number of aliphatic hydroxyl groups excluding tert-OH is 1. The molecule has 1 rings (SSSR count). The third-order valence-electron chi connectivity index (χ3n) is 2.93. The summed E-state index contributed by atoms with van der Waals surface area (Å²) in [6.07, 6.45) is -1.11. The van der Waals surface area contributed by atoms with E-state index in [1.165, 1.54) is 0 Å². The van der Waals surface area contributed by atoms with Crippen molar-refractivity contribution in [3.8, 4) is 5.75 Å². The molecule has 2 unspecified atom stereocenters. The van der Waals surface area contributed by atoms with Crippen LogP contribution in [0.3, 0.4) is 0 Å². The molecule has 2 atom stereocenters. The molecule has 4 heteroatoms. The standard InChI is InChI=1S/C15H23NO3/c1-10(2)14(17)9-16-15(18)12(4)19-13-7-5-6-11(3)8-13/h5-8,10,12,14,17H,9H2,1-4H3,(H,16,18). The van der Waals surface area contributed by atoms with E-state index in [0.29, 0.717) is 5.75 Å². The van der Waals surface area contributed by atoms with Crippen molar-refractivity contribution in [2.45, 2.75) is 39.9 Å². The molecule has 0 radical (unpaired) electrons. The highest BCUT2D eigenvalue weighted by Gasteiger charge is 2.17. The summed E-state index contributed by atoms with van der Waals surface area (Å²) >= 11 is 0. The maximum absolute atomic E-state index is 11.8. The van der Waals surface area contributed by atoms with Crippen LogP contribution in [0.4, 0.5) is 0 Å². The van der Waals surface area contributed by atoms with Gasteiger partial charge in [-0.25, -0.2) is 0 Å². The number of amides is 1. The van der Waals surface area contributed by atoms with E-state index in [9.17, 15) is 9.90 Å². The second-order valence-corrected chi connectivity index (χ2v) is 5.13. The highest BCUT2D eigenvalue weighted by atomic mass is 16.5. The molecule has 0 saturated carbocycles. The fraction of sp³-hybridized carbons (Fsp3) is 0.533. The van der Waals surface area contributed by atoms with Gasteiger partial charge < -0.3 is 15.2 Å². The minimum Gasteiger partial charge on any atom is -0.481 e. The van der Waals surface area contributed by atoms with Crippen molar-refractivity contribution >= 4 is 5.91 Å². The second-order valence-electron chi connectivity index (χ2n) is 5.13. The number of ether oxygens (including phenoxy) is 1. The zero-order chi connectivity index (χ0) is 14.4. The van der Waals surface area contributed by atoms with Gasteiger partial charge in [0.1, 0.15) is 5.75 Å². The van der Waals surface area contributed by atoms with Crippen LogP contribution in [-0.4, -0.2) is 29.8 Å². The summed E-state index contributed by atoms with van der Waals surface area (Å²) in [5.41, 5.74) is 1.08. The largest absolute Gasteiger partial charge is 0.481 e. The number of nitrogens with one attached hydrogen (secondary N) is 1. The number of aryl methyl sites for hydroxylation is 1. The lowest BCUT2D eigenvalue weighted by Crippen LogP contribution is -2.41. The number of carbonyl (C=O) groups is 1. The van der Waals surface area contributed by atoms with Crippen LogP contribution in [-0.2, 0) is 4.79 Å². The summed E-state index contributed by atoms with van der Waals surface area (Å²) in [6.45, 7) is 7.72. The van der Waals surface area contributed by atoms with Crippen molar-refractivity contribution in [2.24, 2.45) is 5.92 Å². The number of rotatable bonds is 6. The Morgan fingerprint density at radius 1 is 1.37 bits per heavy atom. The zero-order valence-electron chi connectivity index (χ0n) is 12.0. The van der Waals surface area contributed by atoms with Crippen LogP contribution in [0.1, 0.15) is 26.3 Å². The van der Waals surface area contributed by atoms with Gasteiger partial charge in [-0.15, -0.1) is 0 Å². The molecular formula is C15H23NO3. The second kappa shape index (κ2) is 7.14. The quantitative estimate of drug-likeness (QED) is 0.826. The van der Waals surface area contributed by atoms with E-state index < -0.39 is 12.2 Å². The Kier molecular flexibility index (Phi) is 5.83. The minimum absolute atomic E-state index is 0.119. The van der Waals surface area contributed by atoms with E-state index in [-0.39, 0.29) is 18.4 Å². The molecule has 0 fully saturated rings. The van der Waals surface area contributed by atoms with E-state index in [0.717, 1.165) is 5.56 Å². The Hall–Kier alpha value is -1.55. The lowest BCUT2D eigenvalue weighted by atomic mass is 10.1. The molecule has 2 N–H and O–H groups in total. The minimum atomic E-state index is -0.582. The lowest BCUT2D eigenvalue weighted by molar-refractivity contribution is -0.127. The lowest BCUT2D eigenvalue weighted by Gasteiger charge is -2.18. The van der Waals surface area contributed by atoms with Crippen LogP contribution in [0.15, 0.2) is 24.3 Å². The first kappa shape index (κ1) is 15.5. The number of aliphatic hydroxyl groups is 1. The van der Waals surface area contributed by atoms with Gasteiger partial charge in [-0.05, 0) is 37.5 Å². The SMILES string of the molecule is Cc1cccc(OC(C)C(=O)NCC(O)C(C)C)c1. The highest BCUT2D eigenvalue weighted by Crippen LogP contribution is 2.14. The fourth-order valence-corrected chi connectivity index (χ4v) is 1.53. The van der Waals surface area contributed by atoms with Gasteiger partial charge in [0, 0.05) is 6.54 Å². The van der Waals surface area contributed by atoms with Gasteiger partial charge in [-0.1, -0.05) is 26.0 Å². The van der Waals surface area contributed by atoms with Gasteiger partial charge in [-0.2, -0.15) is 0 Å². The Labute approximate surface area is 114 Å². The molecule has 0 bridgehead atoms. The molecule has 106 valence electrons. The Balaban J connectivity index is 2.45. The van der Waals surface area contributed by atoms with Crippen LogP contribution in [0, 0.1) is 12.8 Å². The van der Waals surface area contributed by atoms with Gasteiger partial charge in [0.25, 0.3) is 5.91 Å². The zero-order valence-corrected chi connectivity index (χ0v) is 12.0. The Morgan fingerprint density at radius 2 is 2.05 bits per heavy atom. The van der Waals surface area contributed by atoms with E-state index in [1.807, 2.05) is 45.0 Å². The van der Waals surface area contributed by atoms with E-state index >= 15 is 0 Å². The van der Waals surface area contributed by atoms with Crippen molar-refractivity contribution in [1.29, 1.82) is 0 Å². The summed E-state index contributed by atoms with van der Waals surface area (Å²) in [5, 5.41) is 12.3. The predicted octanol–water partition coefficient (Wildman–Crippen LogP) is 1.90. The van der Waals surface area contributed by atoms with Gasteiger partial charge >= 0.3 is 0 Å². The van der Waals surface area contributed by atoms with Gasteiger partial charge in [0.15, 0.2) is 6.10 Å². The topological polar surface area (TPSA) is 58.6 Å². The molecule has 1 amide bonds. The first-order chi connectivity index (χ1) is 8.90. The van der Waals surface area contributed by atoms with Crippen LogP contribution in [0.25, 0.3) is 0 Å². The molecule has 0 aliphatic heterocycles. The molecule has 0 spiro atoms. The summed E-state index contributed by atoms with van der Waals surface area (Å²) in [5.74, 6) is 0.571. The Bertz CT molecular complexity index is 418. The van der Waals surface area contributed by atoms with Gasteiger partial charge in [0.2, 0.25) is 0 Å². The number of hydrogen-bond donors (Lipinski definition) is 2. The molecule has 0 aliphatic rings. The molecule has 0 aromatic heterocycles. The molecular weight excluding hydrogens is 242 g/mol. The van der Waals surface area contributed by atoms with E-state index in [1.54, 1.807) is 6.92 Å². The monoisotopic (exact) mass is 265 g/mol. The van der Waals surface area contributed by atoms with E-state index in [4.69, 9.17) is 4.74 Å². The van der Waals surface area contributed by atoms with Crippen molar-refractivity contribution in [2.75, 3.05) is 6.54 Å². The third-order valence-corrected chi connectivity index (χ3v) is 2.93. The average molecular weight is 265 g/mol. The molecule has 1 aromatic carbocycles. The van der Waals surface area contributed by atoms with Crippen molar-refractivity contribution in [3.63, 3.8) is 0 Å². The Morgan fingerprint density at radius 3 is 2.63 bits per heavy atom. The van der Waals surface area contributed by atoms with E-state index in [2.05, 4.69) is 5.32 Å². The van der Waals surface area contributed by atoms with Crippen LogP contribution in [0.5, 0.6) is 5.75 Å². The average Bonchev–Trinajstić information content (AvgIpc) is 2.35. The number of benzene rings is 1. The summed E-state index contributed by atoms with van der Waals surface area (Å²) in [6, 6.07) is 7.56. The molecule has 19 heavy (non-hydrogen) atoms. The maximum Gasteiger partial charge on any atom is 0.260 e. The third kappa shape index (κ3) is 5.30. The van der Waals surface area contributed by atoms with Crippen molar-refractivity contribution in [3.05, 3.63) is 29.8 Å². The first-order valence-corrected chi connectivity index (χ1v) is 6.59. The van der Waals surface area contributed by atoms with Crippen LogP contribution >= 0.6 is 0 Å². The molecule has 0 aliphatic carbocycles.